The first-order valence-corrected chi connectivity index (χ1v) is 4.81. The number of anilines is 1. The standard InChI is InChI=1S/C9H8BrNS/c10-8-4-3-7(2-1-5-12)9(11)6-8/h3-4,6,12H,5,11H2. The second kappa shape index (κ2) is 4.44. The number of rotatable bonds is 0. The van der Waals surface area contributed by atoms with Crippen molar-refractivity contribution in [2.45, 2.75) is 0 Å². The van der Waals surface area contributed by atoms with Crippen molar-refractivity contribution in [2.24, 2.45) is 0 Å². The van der Waals surface area contributed by atoms with Crippen LogP contribution in [0, 0.1) is 11.8 Å². The smallest absolute Gasteiger partial charge is 0.0521 e. The second-order valence-corrected chi connectivity index (χ2v) is 3.42. The SMILES string of the molecule is Nc1cc(Br)ccc1C#CCS. The van der Waals surface area contributed by atoms with E-state index in [-0.39, 0.29) is 0 Å². The summed E-state index contributed by atoms with van der Waals surface area (Å²) in [6, 6.07) is 5.64. The molecule has 0 unspecified atom stereocenters. The third-order valence-corrected chi connectivity index (χ3v) is 1.97. The van der Waals surface area contributed by atoms with Gasteiger partial charge in [0.25, 0.3) is 0 Å². The summed E-state index contributed by atoms with van der Waals surface area (Å²) in [5.41, 5.74) is 7.25. The average molecular weight is 242 g/mol. The average Bonchev–Trinajstić information content (AvgIpc) is 2.03. The van der Waals surface area contributed by atoms with Gasteiger partial charge in [-0.3, -0.25) is 0 Å². The van der Waals surface area contributed by atoms with Crippen molar-refractivity contribution in [1.29, 1.82) is 0 Å². The number of thiol groups is 1. The van der Waals surface area contributed by atoms with Crippen molar-refractivity contribution in [3.63, 3.8) is 0 Å². The number of hydrogen-bond donors (Lipinski definition) is 2. The van der Waals surface area contributed by atoms with Gasteiger partial charge in [0.05, 0.1) is 5.75 Å². The van der Waals surface area contributed by atoms with Gasteiger partial charge in [-0.2, -0.15) is 12.6 Å². The molecule has 2 N–H and O–H groups in total. The highest BCUT2D eigenvalue weighted by molar-refractivity contribution is 9.10. The molecule has 1 aromatic carbocycles. The summed E-state index contributed by atoms with van der Waals surface area (Å²) in [7, 11) is 0. The molecule has 0 aliphatic rings. The number of benzene rings is 1. The van der Waals surface area contributed by atoms with Gasteiger partial charge in [0, 0.05) is 15.7 Å². The lowest BCUT2D eigenvalue weighted by Gasteiger charge is -1.97. The van der Waals surface area contributed by atoms with Gasteiger partial charge in [-0.25, -0.2) is 0 Å². The summed E-state index contributed by atoms with van der Waals surface area (Å²) >= 11 is 7.30. The zero-order valence-corrected chi connectivity index (χ0v) is 8.82. The highest BCUT2D eigenvalue weighted by Gasteiger charge is 1.94. The Labute approximate surface area is 85.9 Å². The molecule has 0 radical (unpaired) electrons. The summed E-state index contributed by atoms with van der Waals surface area (Å²) in [6.45, 7) is 0. The van der Waals surface area contributed by atoms with Crippen molar-refractivity contribution in [3.8, 4) is 11.8 Å². The van der Waals surface area contributed by atoms with E-state index in [0.717, 1.165) is 10.0 Å². The Morgan fingerprint density at radius 1 is 1.50 bits per heavy atom. The van der Waals surface area contributed by atoms with Crippen LogP contribution in [-0.2, 0) is 0 Å². The van der Waals surface area contributed by atoms with E-state index in [2.05, 4.69) is 40.4 Å². The van der Waals surface area contributed by atoms with E-state index in [1.54, 1.807) is 0 Å². The number of nitrogens with two attached hydrogens (primary N) is 1. The van der Waals surface area contributed by atoms with Gasteiger partial charge in [-0.1, -0.05) is 27.8 Å². The molecule has 0 aliphatic heterocycles. The van der Waals surface area contributed by atoms with E-state index in [9.17, 15) is 0 Å². The van der Waals surface area contributed by atoms with Crippen molar-refractivity contribution >= 4 is 34.2 Å². The highest BCUT2D eigenvalue weighted by atomic mass is 79.9. The molecule has 1 nitrogen and oxygen atoms in total. The Kier molecular flexibility index (Phi) is 3.51. The molecule has 0 aliphatic carbocycles. The van der Waals surface area contributed by atoms with Crippen LogP contribution in [0.2, 0.25) is 0 Å². The molecule has 0 saturated heterocycles. The molecule has 0 heterocycles. The highest BCUT2D eigenvalue weighted by Crippen LogP contribution is 2.17. The number of halogens is 1. The van der Waals surface area contributed by atoms with Crippen LogP contribution < -0.4 is 5.73 Å². The zero-order valence-electron chi connectivity index (χ0n) is 6.34. The quantitative estimate of drug-likeness (QED) is 0.407. The zero-order chi connectivity index (χ0) is 8.97. The first kappa shape index (κ1) is 9.50. The molecule has 1 rings (SSSR count). The first-order valence-electron chi connectivity index (χ1n) is 3.39. The van der Waals surface area contributed by atoms with Crippen molar-refractivity contribution < 1.29 is 0 Å². The van der Waals surface area contributed by atoms with Gasteiger partial charge < -0.3 is 5.73 Å². The normalized spacial score (nSPS) is 8.83. The lowest BCUT2D eigenvalue weighted by molar-refractivity contribution is 1.59. The van der Waals surface area contributed by atoms with Crippen LogP contribution in [0.25, 0.3) is 0 Å². The lowest BCUT2D eigenvalue weighted by atomic mass is 10.2. The van der Waals surface area contributed by atoms with Crippen molar-refractivity contribution in [3.05, 3.63) is 28.2 Å². The van der Waals surface area contributed by atoms with Crippen LogP contribution in [0.15, 0.2) is 22.7 Å². The summed E-state index contributed by atoms with van der Waals surface area (Å²) in [4.78, 5) is 0. The van der Waals surface area contributed by atoms with Crippen LogP contribution in [0.1, 0.15) is 5.56 Å². The van der Waals surface area contributed by atoms with Crippen molar-refractivity contribution in [2.75, 3.05) is 11.5 Å². The molecule has 0 bridgehead atoms. The Morgan fingerprint density at radius 2 is 2.25 bits per heavy atom. The fourth-order valence-corrected chi connectivity index (χ4v) is 1.24. The fourth-order valence-electron chi connectivity index (χ4n) is 0.782. The molecular weight excluding hydrogens is 234 g/mol. The van der Waals surface area contributed by atoms with Gasteiger partial charge in [-0.05, 0) is 18.2 Å². The fraction of sp³-hybridized carbons (Fsp3) is 0.111. The topological polar surface area (TPSA) is 26.0 Å². The monoisotopic (exact) mass is 241 g/mol. The van der Waals surface area contributed by atoms with E-state index in [1.807, 2.05) is 18.2 Å². The van der Waals surface area contributed by atoms with E-state index in [0.29, 0.717) is 11.4 Å². The largest absolute Gasteiger partial charge is 0.398 e. The maximum Gasteiger partial charge on any atom is 0.0521 e. The van der Waals surface area contributed by atoms with Crippen molar-refractivity contribution in [1.82, 2.24) is 0 Å². The molecule has 3 heteroatoms. The van der Waals surface area contributed by atoms with E-state index < -0.39 is 0 Å². The molecule has 1 aromatic rings. The Morgan fingerprint density at radius 3 is 2.83 bits per heavy atom. The Bertz CT molecular complexity index is 338. The summed E-state index contributed by atoms with van der Waals surface area (Å²) in [5.74, 6) is 6.31. The minimum absolute atomic E-state index is 0.551. The molecule has 0 spiro atoms. The van der Waals surface area contributed by atoms with Gasteiger partial charge in [0.2, 0.25) is 0 Å². The van der Waals surface area contributed by atoms with Crippen LogP contribution in [0.5, 0.6) is 0 Å². The Balaban J connectivity index is 3.01. The molecule has 12 heavy (non-hydrogen) atoms. The Hall–Kier alpha value is -0.590. The third kappa shape index (κ3) is 2.47. The number of nitrogen functional groups attached to an aromatic ring is 1. The maximum atomic E-state index is 5.70. The predicted octanol–water partition coefficient (Wildman–Crippen LogP) is 2.31. The van der Waals surface area contributed by atoms with E-state index in [4.69, 9.17) is 5.73 Å². The predicted molar refractivity (Wildman–Crippen MR) is 59.3 cm³/mol. The second-order valence-electron chi connectivity index (χ2n) is 2.19. The molecule has 0 amide bonds. The third-order valence-electron chi connectivity index (χ3n) is 1.32. The van der Waals surface area contributed by atoms with Crippen LogP contribution in [0.3, 0.4) is 0 Å². The molecule has 62 valence electrons. The summed E-state index contributed by atoms with van der Waals surface area (Å²) < 4.78 is 0.969. The minimum atomic E-state index is 0.551. The van der Waals surface area contributed by atoms with Crippen LogP contribution >= 0.6 is 28.6 Å². The van der Waals surface area contributed by atoms with Gasteiger partial charge in [0.15, 0.2) is 0 Å². The van der Waals surface area contributed by atoms with E-state index >= 15 is 0 Å². The molecule has 0 atom stereocenters. The van der Waals surface area contributed by atoms with Gasteiger partial charge >= 0.3 is 0 Å². The number of hydrogen-bond acceptors (Lipinski definition) is 2. The summed E-state index contributed by atoms with van der Waals surface area (Å²) in [5, 5.41) is 0. The van der Waals surface area contributed by atoms with Crippen LogP contribution in [-0.4, -0.2) is 5.75 Å². The van der Waals surface area contributed by atoms with E-state index in [1.165, 1.54) is 0 Å². The first-order chi connectivity index (χ1) is 5.74. The van der Waals surface area contributed by atoms with Gasteiger partial charge in [-0.15, -0.1) is 0 Å². The van der Waals surface area contributed by atoms with Gasteiger partial charge in [0.1, 0.15) is 0 Å². The lowest BCUT2D eigenvalue weighted by Crippen LogP contribution is -1.89. The minimum Gasteiger partial charge on any atom is -0.398 e. The molecular formula is C9H8BrNS. The molecule has 0 aromatic heterocycles. The molecule has 0 saturated carbocycles. The molecule has 0 fully saturated rings. The maximum absolute atomic E-state index is 5.70. The van der Waals surface area contributed by atoms with Crippen LogP contribution in [0.4, 0.5) is 5.69 Å². The summed E-state index contributed by atoms with van der Waals surface area (Å²) in [6.07, 6.45) is 0.